The highest BCUT2D eigenvalue weighted by Gasteiger charge is 2.16. The van der Waals surface area contributed by atoms with Gasteiger partial charge in [-0.15, -0.1) is 11.8 Å². The van der Waals surface area contributed by atoms with Crippen LogP contribution in [0.1, 0.15) is 15.9 Å². The summed E-state index contributed by atoms with van der Waals surface area (Å²) in [6.45, 7) is 1.98. The fourth-order valence-electron chi connectivity index (χ4n) is 2.07. The van der Waals surface area contributed by atoms with E-state index in [0.717, 1.165) is 16.1 Å². The topological polar surface area (TPSA) is 58.2 Å². The molecule has 0 aliphatic carbocycles. The van der Waals surface area contributed by atoms with Crippen molar-refractivity contribution in [2.24, 2.45) is 0 Å². The van der Waals surface area contributed by atoms with Crippen LogP contribution in [0.15, 0.2) is 47.4 Å². The van der Waals surface area contributed by atoms with Crippen LogP contribution in [0.4, 0.5) is 11.4 Å². The molecule has 2 aromatic carbocycles. The van der Waals surface area contributed by atoms with Crippen LogP contribution < -0.4 is 10.6 Å². The van der Waals surface area contributed by atoms with Crippen molar-refractivity contribution in [3.8, 4) is 0 Å². The first-order chi connectivity index (χ1) is 10.1. The van der Waals surface area contributed by atoms with Gasteiger partial charge in [0.1, 0.15) is 0 Å². The van der Waals surface area contributed by atoms with Crippen LogP contribution >= 0.6 is 11.8 Å². The third-order valence-corrected chi connectivity index (χ3v) is 4.26. The van der Waals surface area contributed by atoms with Gasteiger partial charge in [-0.25, -0.2) is 0 Å². The molecule has 0 radical (unpaired) electrons. The van der Waals surface area contributed by atoms with E-state index in [0.29, 0.717) is 17.0 Å². The zero-order valence-electron chi connectivity index (χ0n) is 11.5. The molecule has 0 saturated heterocycles. The molecule has 1 heterocycles. The second kappa shape index (κ2) is 5.61. The Bertz CT molecular complexity index is 711. The first kappa shape index (κ1) is 13.7. The molecule has 2 amide bonds. The van der Waals surface area contributed by atoms with Gasteiger partial charge >= 0.3 is 0 Å². The molecule has 0 saturated carbocycles. The van der Waals surface area contributed by atoms with Gasteiger partial charge in [0, 0.05) is 16.1 Å². The van der Waals surface area contributed by atoms with Crippen molar-refractivity contribution in [1.82, 2.24) is 0 Å². The van der Waals surface area contributed by atoms with Crippen molar-refractivity contribution in [3.05, 3.63) is 53.6 Å². The van der Waals surface area contributed by atoms with Gasteiger partial charge in [0.05, 0.1) is 11.4 Å². The first-order valence-electron chi connectivity index (χ1n) is 6.56. The molecule has 4 nitrogen and oxygen atoms in total. The predicted molar refractivity (Wildman–Crippen MR) is 84.9 cm³/mol. The van der Waals surface area contributed by atoms with Crippen LogP contribution in [0.3, 0.4) is 0 Å². The number of amides is 2. The molecule has 1 aliphatic heterocycles. The first-order valence-corrected chi connectivity index (χ1v) is 7.55. The Kier molecular flexibility index (Phi) is 3.66. The number of nitrogens with one attached hydrogen (secondary N) is 2. The van der Waals surface area contributed by atoms with Crippen molar-refractivity contribution >= 4 is 35.0 Å². The van der Waals surface area contributed by atoms with Crippen molar-refractivity contribution < 1.29 is 9.59 Å². The minimum Gasteiger partial charge on any atom is -0.324 e. The Hall–Kier alpha value is -2.27. The molecule has 21 heavy (non-hydrogen) atoms. The fraction of sp³-hybridized carbons (Fsp3) is 0.125. The molecule has 1 aliphatic rings. The number of rotatable bonds is 2. The maximum Gasteiger partial charge on any atom is 0.255 e. The van der Waals surface area contributed by atoms with E-state index in [-0.39, 0.29) is 11.8 Å². The fourth-order valence-corrected chi connectivity index (χ4v) is 2.86. The lowest BCUT2D eigenvalue weighted by molar-refractivity contribution is -0.113. The van der Waals surface area contributed by atoms with E-state index >= 15 is 0 Å². The summed E-state index contributed by atoms with van der Waals surface area (Å²) in [5.74, 6) is 0.251. The van der Waals surface area contributed by atoms with Crippen LogP contribution in [0.2, 0.25) is 0 Å². The summed E-state index contributed by atoms with van der Waals surface area (Å²) in [6, 6.07) is 12.9. The van der Waals surface area contributed by atoms with E-state index in [4.69, 9.17) is 0 Å². The number of fused-ring (bicyclic) bond motifs is 1. The molecule has 106 valence electrons. The maximum atomic E-state index is 12.2. The number of carbonyl (C=O) groups is 2. The van der Waals surface area contributed by atoms with Crippen molar-refractivity contribution in [2.75, 3.05) is 16.4 Å². The van der Waals surface area contributed by atoms with E-state index in [1.54, 1.807) is 18.2 Å². The third kappa shape index (κ3) is 3.08. The van der Waals surface area contributed by atoms with Gasteiger partial charge in [-0.1, -0.05) is 17.7 Å². The molecule has 0 spiro atoms. The predicted octanol–water partition coefficient (Wildman–Crippen LogP) is 3.29. The lowest BCUT2D eigenvalue weighted by atomic mass is 10.1. The number of carbonyl (C=O) groups excluding carboxylic acids is 2. The largest absolute Gasteiger partial charge is 0.324 e. The summed E-state index contributed by atoms with van der Waals surface area (Å²) in [6.07, 6.45) is 0. The Morgan fingerprint density at radius 3 is 2.71 bits per heavy atom. The minimum absolute atomic E-state index is 0.0190. The zero-order chi connectivity index (χ0) is 14.8. The highest BCUT2D eigenvalue weighted by molar-refractivity contribution is 8.00. The number of hydrogen-bond acceptors (Lipinski definition) is 3. The van der Waals surface area contributed by atoms with Crippen LogP contribution in [-0.4, -0.2) is 17.6 Å². The van der Waals surface area contributed by atoms with Gasteiger partial charge in [-0.2, -0.15) is 0 Å². The molecule has 0 unspecified atom stereocenters. The number of aryl methyl sites for hydroxylation is 1. The summed E-state index contributed by atoms with van der Waals surface area (Å²) >= 11 is 1.50. The van der Waals surface area contributed by atoms with E-state index in [1.807, 2.05) is 31.2 Å². The van der Waals surface area contributed by atoms with Crippen LogP contribution in [0.25, 0.3) is 0 Å². The third-order valence-electron chi connectivity index (χ3n) is 3.18. The van der Waals surface area contributed by atoms with E-state index < -0.39 is 0 Å². The van der Waals surface area contributed by atoms with Gasteiger partial charge < -0.3 is 10.6 Å². The summed E-state index contributed by atoms with van der Waals surface area (Å²) < 4.78 is 0. The molecular formula is C16H14N2O2S. The van der Waals surface area contributed by atoms with Gasteiger partial charge in [-0.05, 0) is 37.3 Å². The molecule has 0 atom stereocenters. The molecule has 0 aromatic heterocycles. The van der Waals surface area contributed by atoms with Gasteiger partial charge in [0.15, 0.2) is 0 Å². The standard InChI is InChI=1S/C16H14N2O2S/c1-10-2-4-11(5-3-10)16(20)17-12-6-7-14-13(8-12)18-15(19)9-21-14/h2-8H,9H2,1H3,(H,17,20)(H,18,19). The van der Waals surface area contributed by atoms with Crippen molar-refractivity contribution in [3.63, 3.8) is 0 Å². The molecule has 5 heteroatoms. The molecule has 0 fully saturated rings. The van der Waals surface area contributed by atoms with Crippen molar-refractivity contribution in [2.45, 2.75) is 11.8 Å². The summed E-state index contributed by atoms with van der Waals surface area (Å²) in [4.78, 5) is 24.6. The monoisotopic (exact) mass is 298 g/mol. The van der Waals surface area contributed by atoms with Gasteiger partial charge in [0.25, 0.3) is 5.91 Å². The normalized spacial score (nSPS) is 13.3. The van der Waals surface area contributed by atoms with E-state index in [9.17, 15) is 9.59 Å². The SMILES string of the molecule is Cc1ccc(C(=O)Nc2ccc3c(c2)NC(=O)CS3)cc1. The van der Waals surface area contributed by atoms with E-state index in [1.165, 1.54) is 11.8 Å². The Morgan fingerprint density at radius 1 is 1.19 bits per heavy atom. The number of hydrogen-bond donors (Lipinski definition) is 2. The maximum absolute atomic E-state index is 12.2. The number of thioether (sulfide) groups is 1. The second-order valence-electron chi connectivity index (χ2n) is 4.87. The highest BCUT2D eigenvalue weighted by atomic mass is 32.2. The molecule has 2 N–H and O–H groups in total. The zero-order valence-corrected chi connectivity index (χ0v) is 12.3. The average molecular weight is 298 g/mol. The smallest absolute Gasteiger partial charge is 0.255 e. The minimum atomic E-state index is -0.162. The summed E-state index contributed by atoms with van der Waals surface area (Å²) in [5.41, 5.74) is 3.14. The number of benzene rings is 2. The molecule has 2 aromatic rings. The lowest BCUT2D eigenvalue weighted by Gasteiger charge is -2.17. The molecule has 0 bridgehead atoms. The van der Waals surface area contributed by atoms with Gasteiger partial charge in [0.2, 0.25) is 5.91 Å². The Balaban J connectivity index is 1.79. The summed E-state index contributed by atoms with van der Waals surface area (Å²) in [5, 5.41) is 5.65. The highest BCUT2D eigenvalue weighted by Crippen LogP contribution is 2.33. The van der Waals surface area contributed by atoms with Gasteiger partial charge in [-0.3, -0.25) is 9.59 Å². The van der Waals surface area contributed by atoms with E-state index in [2.05, 4.69) is 10.6 Å². The second-order valence-corrected chi connectivity index (χ2v) is 5.89. The summed E-state index contributed by atoms with van der Waals surface area (Å²) in [7, 11) is 0. The Morgan fingerprint density at radius 2 is 1.95 bits per heavy atom. The quantitative estimate of drug-likeness (QED) is 0.894. The molecule has 3 rings (SSSR count). The van der Waals surface area contributed by atoms with Crippen LogP contribution in [0, 0.1) is 6.92 Å². The average Bonchev–Trinajstić information content (AvgIpc) is 2.47. The Labute approximate surface area is 126 Å². The van der Waals surface area contributed by atoms with Crippen molar-refractivity contribution in [1.29, 1.82) is 0 Å². The van der Waals surface area contributed by atoms with Crippen LogP contribution in [-0.2, 0) is 4.79 Å². The molecular weight excluding hydrogens is 284 g/mol. The van der Waals surface area contributed by atoms with Crippen LogP contribution in [0.5, 0.6) is 0 Å². The lowest BCUT2D eigenvalue weighted by Crippen LogP contribution is -2.19. The number of anilines is 2.